The van der Waals surface area contributed by atoms with Crippen LogP contribution in [0.4, 0.5) is 28.8 Å². The number of fused-ring (bicyclic) bond motifs is 1. The van der Waals surface area contributed by atoms with Crippen LogP contribution in [0.25, 0.3) is 0 Å². The summed E-state index contributed by atoms with van der Waals surface area (Å²) in [6.07, 6.45) is 3.46. The molecule has 0 radical (unpaired) electrons. The highest BCUT2D eigenvalue weighted by Gasteiger charge is 2.36. The molecule has 0 saturated carbocycles. The first-order chi connectivity index (χ1) is 21.4. The number of likely N-dealkylation sites (N-methyl/N-ethyl adjacent to an activating group) is 1. The molecule has 6 rings (SSSR count). The van der Waals surface area contributed by atoms with Crippen molar-refractivity contribution in [3.63, 3.8) is 0 Å². The van der Waals surface area contributed by atoms with Gasteiger partial charge in [-0.15, -0.1) is 0 Å². The van der Waals surface area contributed by atoms with Gasteiger partial charge in [-0.3, -0.25) is 14.5 Å². The number of hydrogen-bond donors (Lipinski definition) is 2. The fraction of sp³-hybridized carbons (Fsp3) is 0.294. The van der Waals surface area contributed by atoms with Gasteiger partial charge in [0.05, 0.1) is 19.0 Å². The molecule has 0 aliphatic carbocycles. The van der Waals surface area contributed by atoms with Gasteiger partial charge >= 0.3 is 0 Å². The zero-order valence-electron chi connectivity index (χ0n) is 25.2. The Morgan fingerprint density at radius 3 is 2.41 bits per heavy atom. The molecule has 0 unspecified atom stereocenters. The molecule has 10 nitrogen and oxygen atoms in total. The van der Waals surface area contributed by atoms with Crippen LogP contribution < -0.4 is 25.2 Å². The van der Waals surface area contributed by atoms with Gasteiger partial charge in [0.2, 0.25) is 11.9 Å². The Bertz CT molecular complexity index is 1620. The molecule has 1 aromatic heterocycles. The fourth-order valence-corrected chi connectivity index (χ4v) is 5.87. The maximum Gasteiger partial charge on any atom is 0.251 e. The average Bonchev–Trinajstić information content (AvgIpc) is 3.06. The second-order valence-electron chi connectivity index (χ2n) is 11.2. The Hall–Kier alpha value is -4.96. The number of rotatable bonds is 8. The normalized spacial score (nSPS) is 17.2. The van der Waals surface area contributed by atoms with Crippen molar-refractivity contribution in [3.05, 3.63) is 96.2 Å². The molecule has 10 heteroatoms. The number of piperidine rings is 1. The number of para-hydroxylation sites is 1. The Balaban J connectivity index is 1.14. The monoisotopic (exact) mass is 591 g/mol. The van der Waals surface area contributed by atoms with E-state index in [2.05, 4.69) is 44.8 Å². The third-order valence-corrected chi connectivity index (χ3v) is 8.33. The van der Waals surface area contributed by atoms with E-state index >= 15 is 0 Å². The van der Waals surface area contributed by atoms with E-state index in [1.165, 1.54) is 5.56 Å². The zero-order valence-corrected chi connectivity index (χ0v) is 25.2. The predicted octanol–water partition coefficient (Wildman–Crippen LogP) is 5.13. The van der Waals surface area contributed by atoms with Gasteiger partial charge < -0.3 is 25.2 Å². The van der Waals surface area contributed by atoms with Crippen LogP contribution in [0.2, 0.25) is 0 Å². The van der Waals surface area contributed by atoms with E-state index in [1.807, 2.05) is 48.2 Å². The highest BCUT2D eigenvalue weighted by Crippen LogP contribution is 2.39. The molecule has 1 saturated heterocycles. The van der Waals surface area contributed by atoms with Crippen LogP contribution in [0.1, 0.15) is 35.7 Å². The highest BCUT2D eigenvalue weighted by atomic mass is 16.5. The molecule has 4 aromatic rings. The number of hydrogen-bond acceptors (Lipinski definition) is 8. The van der Waals surface area contributed by atoms with E-state index in [1.54, 1.807) is 43.5 Å². The molecule has 2 N–H and O–H groups in total. The summed E-state index contributed by atoms with van der Waals surface area (Å²) in [5, 5.41) is 6.45. The summed E-state index contributed by atoms with van der Waals surface area (Å²) in [4.78, 5) is 41.4. The summed E-state index contributed by atoms with van der Waals surface area (Å²) in [7, 11) is 3.30. The second-order valence-corrected chi connectivity index (χ2v) is 11.2. The van der Waals surface area contributed by atoms with Gasteiger partial charge in [0.15, 0.2) is 5.82 Å². The maximum absolute atomic E-state index is 13.2. The maximum atomic E-state index is 13.2. The van der Waals surface area contributed by atoms with E-state index in [0.717, 1.165) is 38.2 Å². The molecule has 226 valence electrons. The Morgan fingerprint density at radius 2 is 1.70 bits per heavy atom. The van der Waals surface area contributed by atoms with Crippen LogP contribution in [0.5, 0.6) is 5.75 Å². The number of carbonyl (C=O) groups excluding carboxylic acids is 2. The number of likely N-dealkylation sites (tertiary alicyclic amines) is 1. The van der Waals surface area contributed by atoms with Crippen LogP contribution in [-0.4, -0.2) is 66.0 Å². The van der Waals surface area contributed by atoms with Gasteiger partial charge in [-0.05, 0) is 55.7 Å². The van der Waals surface area contributed by atoms with Gasteiger partial charge in [-0.1, -0.05) is 48.5 Å². The van der Waals surface area contributed by atoms with E-state index in [0.29, 0.717) is 34.5 Å². The highest BCUT2D eigenvalue weighted by molar-refractivity contribution is 6.06. The van der Waals surface area contributed by atoms with Crippen molar-refractivity contribution in [1.29, 1.82) is 0 Å². The van der Waals surface area contributed by atoms with Crippen LogP contribution >= 0.6 is 0 Å². The largest absolute Gasteiger partial charge is 0.495 e. The topological polar surface area (TPSA) is 103 Å². The molecule has 2 aliphatic heterocycles. The summed E-state index contributed by atoms with van der Waals surface area (Å²) >= 11 is 0. The third-order valence-electron chi connectivity index (χ3n) is 8.33. The van der Waals surface area contributed by atoms with Crippen molar-refractivity contribution in [2.24, 2.45) is 0 Å². The van der Waals surface area contributed by atoms with E-state index < -0.39 is 6.04 Å². The van der Waals surface area contributed by atoms with Crippen molar-refractivity contribution in [2.75, 3.05) is 42.4 Å². The minimum Gasteiger partial charge on any atom is -0.495 e. The van der Waals surface area contributed by atoms with Gasteiger partial charge in [0.1, 0.15) is 17.5 Å². The Kier molecular flexibility index (Phi) is 8.42. The third kappa shape index (κ3) is 6.07. The minimum atomic E-state index is -0.443. The van der Waals surface area contributed by atoms with Crippen LogP contribution in [0.3, 0.4) is 0 Å². The number of ether oxygens (including phenoxy) is 1. The summed E-state index contributed by atoms with van der Waals surface area (Å²) in [5.74, 6) is 1.29. The smallest absolute Gasteiger partial charge is 0.251 e. The molecule has 44 heavy (non-hydrogen) atoms. The van der Waals surface area contributed by atoms with Gasteiger partial charge in [0.25, 0.3) is 5.91 Å². The lowest BCUT2D eigenvalue weighted by atomic mass is 10.0. The van der Waals surface area contributed by atoms with Gasteiger partial charge in [-0.25, -0.2) is 4.98 Å². The van der Waals surface area contributed by atoms with Crippen molar-refractivity contribution in [1.82, 2.24) is 20.2 Å². The molecule has 1 fully saturated rings. The molecule has 3 heterocycles. The Morgan fingerprint density at radius 1 is 1.00 bits per heavy atom. The number of methoxy groups -OCH3 is 1. The quantitative estimate of drug-likeness (QED) is 0.291. The van der Waals surface area contributed by atoms with Crippen molar-refractivity contribution in [2.45, 2.75) is 38.4 Å². The van der Waals surface area contributed by atoms with Crippen LogP contribution in [-0.2, 0) is 11.3 Å². The summed E-state index contributed by atoms with van der Waals surface area (Å²) in [6, 6.07) is 25.2. The summed E-state index contributed by atoms with van der Waals surface area (Å²) in [5.41, 5.74) is 3.93. The fourth-order valence-electron chi connectivity index (χ4n) is 5.87. The van der Waals surface area contributed by atoms with Gasteiger partial charge in [0, 0.05) is 44.0 Å². The molecular weight excluding hydrogens is 554 g/mol. The first-order valence-electron chi connectivity index (χ1n) is 14.9. The summed E-state index contributed by atoms with van der Waals surface area (Å²) in [6.45, 7) is 4.68. The minimum absolute atomic E-state index is 0.0427. The second kappa shape index (κ2) is 12.7. The van der Waals surface area contributed by atoms with E-state index in [4.69, 9.17) is 9.72 Å². The number of benzene rings is 3. The van der Waals surface area contributed by atoms with E-state index in [-0.39, 0.29) is 17.9 Å². The van der Waals surface area contributed by atoms with Crippen molar-refractivity contribution >= 4 is 40.6 Å². The molecule has 0 bridgehead atoms. The van der Waals surface area contributed by atoms with Crippen molar-refractivity contribution in [3.8, 4) is 5.75 Å². The molecule has 1 atom stereocenters. The number of aromatic nitrogens is 2. The SMILES string of the molecule is COc1cc(C(=O)NC2CCN(Cc3ccccc3)CC2)ccc1Nc1ncc2c(n1)N(c1ccccc1)[C@H](C)C(=O)N2C. The predicted molar refractivity (Wildman–Crippen MR) is 172 cm³/mol. The molecular formula is C34H37N7O3. The zero-order chi connectivity index (χ0) is 30.6. The molecule has 0 spiro atoms. The number of nitrogens with zero attached hydrogens (tertiary/aromatic N) is 5. The standard InChI is InChI=1S/C34H37N7O3/c1-23-33(43)39(2)29-21-35-34(38-31(29)41(23)27-12-8-5-9-13-27)37-28-15-14-25(20-30(28)44-3)32(42)36-26-16-18-40(19-17-26)22-24-10-6-4-7-11-24/h4-15,20-21,23,26H,16-19,22H2,1-3H3,(H,36,42)(H,35,37,38)/t23-/m1/s1. The summed E-state index contributed by atoms with van der Waals surface area (Å²) < 4.78 is 5.65. The number of amides is 2. The first kappa shape index (κ1) is 29.1. The number of nitrogens with one attached hydrogen (secondary N) is 2. The molecule has 2 aliphatic rings. The lowest BCUT2D eigenvalue weighted by Crippen LogP contribution is -2.49. The molecule has 2 amide bonds. The average molecular weight is 592 g/mol. The number of carbonyl (C=O) groups is 2. The molecule has 3 aromatic carbocycles. The lowest BCUT2D eigenvalue weighted by molar-refractivity contribution is -0.119. The van der Waals surface area contributed by atoms with Crippen molar-refractivity contribution < 1.29 is 14.3 Å². The lowest BCUT2D eigenvalue weighted by Gasteiger charge is -2.39. The Labute approximate surface area is 257 Å². The van der Waals surface area contributed by atoms with E-state index in [9.17, 15) is 9.59 Å². The van der Waals surface area contributed by atoms with Gasteiger partial charge in [-0.2, -0.15) is 4.98 Å². The van der Waals surface area contributed by atoms with Crippen LogP contribution in [0, 0.1) is 0 Å². The van der Waals surface area contributed by atoms with Crippen LogP contribution in [0.15, 0.2) is 85.1 Å². The number of anilines is 5. The first-order valence-corrected chi connectivity index (χ1v) is 14.9.